The third kappa shape index (κ3) is 5.12. The molecular formula is C19H22N2O3. The van der Waals surface area contributed by atoms with Crippen molar-refractivity contribution in [2.45, 2.75) is 19.8 Å². The molecule has 5 nitrogen and oxygen atoms in total. The minimum Gasteiger partial charge on any atom is -0.493 e. The molecule has 126 valence electrons. The van der Waals surface area contributed by atoms with Gasteiger partial charge in [0.1, 0.15) is 5.75 Å². The number of aryl methyl sites for hydroxylation is 1. The Morgan fingerprint density at radius 3 is 2.62 bits per heavy atom. The second-order valence-electron chi connectivity index (χ2n) is 5.43. The summed E-state index contributed by atoms with van der Waals surface area (Å²) < 4.78 is 5.67. The molecule has 2 aromatic rings. The van der Waals surface area contributed by atoms with Gasteiger partial charge in [0.25, 0.3) is 5.91 Å². The number of hydrogen-bond donors (Lipinski definition) is 2. The maximum Gasteiger partial charge on any atom is 0.251 e. The molecule has 0 fully saturated rings. The monoisotopic (exact) mass is 326 g/mol. The van der Waals surface area contributed by atoms with Gasteiger partial charge in [0, 0.05) is 24.7 Å². The van der Waals surface area contributed by atoms with Crippen LogP contribution in [0.25, 0.3) is 0 Å². The largest absolute Gasteiger partial charge is 0.493 e. The fourth-order valence-corrected chi connectivity index (χ4v) is 2.24. The van der Waals surface area contributed by atoms with E-state index in [-0.39, 0.29) is 11.8 Å². The van der Waals surface area contributed by atoms with E-state index < -0.39 is 0 Å². The Hall–Kier alpha value is -2.82. The Bertz CT molecular complexity index is 713. The summed E-state index contributed by atoms with van der Waals surface area (Å²) in [6, 6.07) is 14.6. The normalized spacial score (nSPS) is 10.1. The first-order valence-electron chi connectivity index (χ1n) is 7.90. The highest BCUT2D eigenvalue weighted by Crippen LogP contribution is 2.16. The highest BCUT2D eigenvalue weighted by Gasteiger charge is 2.07. The number of anilines is 1. The van der Waals surface area contributed by atoms with Gasteiger partial charge in [-0.2, -0.15) is 0 Å². The Kier molecular flexibility index (Phi) is 6.37. The van der Waals surface area contributed by atoms with Gasteiger partial charge >= 0.3 is 0 Å². The van der Waals surface area contributed by atoms with Crippen LogP contribution in [0.1, 0.15) is 28.8 Å². The second kappa shape index (κ2) is 8.72. The quantitative estimate of drug-likeness (QED) is 0.768. The van der Waals surface area contributed by atoms with Gasteiger partial charge in [-0.15, -0.1) is 0 Å². The zero-order valence-electron chi connectivity index (χ0n) is 14.0. The highest BCUT2D eigenvalue weighted by molar-refractivity contribution is 5.97. The number of ether oxygens (including phenoxy) is 1. The van der Waals surface area contributed by atoms with Crippen LogP contribution in [-0.4, -0.2) is 25.5 Å². The van der Waals surface area contributed by atoms with Crippen molar-refractivity contribution in [3.8, 4) is 5.75 Å². The van der Waals surface area contributed by atoms with Gasteiger partial charge in [-0.05, 0) is 43.2 Å². The molecule has 0 aliphatic carbocycles. The summed E-state index contributed by atoms with van der Waals surface area (Å²) in [6.07, 6.45) is 0.978. The summed E-state index contributed by atoms with van der Waals surface area (Å²) in [6.45, 7) is 2.47. The maximum atomic E-state index is 12.0. The van der Waals surface area contributed by atoms with Crippen LogP contribution in [0.5, 0.6) is 5.75 Å². The smallest absolute Gasteiger partial charge is 0.251 e. The van der Waals surface area contributed by atoms with Crippen LogP contribution >= 0.6 is 0 Å². The van der Waals surface area contributed by atoms with E-state index in [4.69, 9.17) is 4.74 Å². The lowest BCUT2D eigenvalue weighted by molar-refractivity contribution is -0.116. The first-order valence-corrected chi connectivity index (χ1v) is 7.90. The van der Waals surface area contributed by atoms with Gasteiger partial charge in [-0.1, -0.05) is 24.3 Å². The predicted octanol–water partition coefficient (Wildman–Crippen LogP) is 3.15. The zero-order chi connectivity index (χ0) is 17.4. The first kappa shape index (κ1) is 17.5. The number of rotatable bonds is 7. The van der Waals surface area contributed by atoms with E-state index in [9.17, 15) is 9.59 Å². The van der Waals surface area contributed by atoms with Gasteiger partial charge in [0.2, 0.25) is 5.91 Å². The molecule has 0 radical (unpaired) electrons. The molecule has 2 rings (SSSR count). The lowest BCUT2D eigenvalue weighted by Gasteiger charge is -2.09. The molecule has 2 aromatic carbocycles. The lowest BCUT2D eigenvalue weighted by atomic mass is 10.2. The molecule has 24 heavy (non-hydrogen) atoms. The summed E-state index contributed by atoms with van der Waals surface area (Å²) >= 11 is 0. The van der Waals surface area contributed by atoms with Gasteiger partial charge in [-0.3, -0.25) is 9.59 Å². The van der Waals surface area contributed by atoms with Crippen LogP contribution in [0.4, 0.5) is 5.69 Å². The van der Waals surface area contributed by atoms with E-state index in [1.807, 2.05) is 31.2 Å². The fraction of sp³-hybridized carbons (Fsp3) is 0.263. The number of benzene rings is 2. The van der Waals surface area contributed by atoms with Crippen molar-refractivity contribution >= 4 is 17.5 Å². The summed E-state index contributed by atoms with van der Waals surface area (Å²) in [5.41, 5.74) is 2.20. The van der Waals surface area contributed by atoms with Gasteiger partial charge < -0.3 is 15.4 Å². The number of hydrogen-bond acceptors (Lipinski definition) is 3. The molecule has 0 saturated heterocycles. The zero-order valence-corrected chi connectivity index (χ0v) is 14.0. The second-order valence-corrected chi connectivity index (χ2v) is 5.43. The van der Waals surface area contributed by atoms with Crippen molar-refractivity contribution in [2.24, 2.45) is 0 Å². The minimum atomic E-state index is -0.183. The van der Waals surface area contributed by atoms with Crippen molar-refractivity contribution in [3.05, 3.63) is 59.7 Å². The number of amides is 2. The summed E-state index contributed by atoms with van der Waals surface area (Å²) in [4.78, 5) is 23.6. The number of carbonyl (C=O) groups is 2. The molecule has 0 aliphatic rings. The van der Waals surface area contributed by atoms with Crippen molar-refractivity contribution < 1.29 is 14.3 Å². The molecule has 0 aromatic heterocycles. The third-order valence-electron chi connectivity index (χ3n) is 3.53. The first-order chi connectivity index (χ1) is 11.6. The molecule has 0 aliphatic heterocycles. The van der Waals surface area contributed by atoms with E-state index in [0.717, 1.165) is 11.3 Å². The van der Waals surface area contributed by atoms with Gasteiger partial charge in [0.15, 0.2) is 0 Å². The molecule has 2 N–H and O–H groups in total. The van der Waals surface area contributed by atoms with Gasteiger partial charge in [-0.25, -0.2) is 0 Å². The van der Waals surface area contributed by atoms with Crippen LogP contribution in [0.15, 0.2) is 48.5 Å². The van der Waals surface area contributed by atoms with Crippen molar-refractivity contribution in [3.63, 3.8) is 0 Å². The van der Waals surface area contributed by atoms with Crippen LogP contribution in [0, 0.1) is 6.92 Å². The average Bonchev–Trinajstić information content (AvgIpc) is 2.59. The topological polar surface area (TPSA) is 67.4 Å². The van der Waals surface area contributed by atoms with E-state index in [1.165, 1.54) is 0 Å². The highest BCUT2D eigenvalue weighted by atomic mass is 16.5. The Morgan fingerprint density at radius 2 is 1.88 bits per heavy atom. The Morgan fingerprint density at radius 1 is 1.08 bits per heavy atom. The summed E-state index contributed by atoms with van der Waals surface area (Å²) in [5.74, 6) is 0.561. The van der Waals surface area contributed by atoms with E-state index in [2.05, 4.69) is 10.6 Å². The standard InChI is InChI=1S/C19H22N2O3/c1-14-7-3-4-10-17(14)24-12-6-11-18(22)21-16-9-5-8-15(13-16)19(23)20-2/h3-5,7-10,13H,6,11-12H2,1-2H3,(H,20,23)(H,21,22). The SMILES string of the molecule is CNC(=O)c1cccc(NC(=O)CCCOc2ccccc2C)c1. The molecule has 0 bridgehead atoms. The van der Waals surface area contributed by atoms with Crippen LogP contribution in [0.3, 0.4) is 0 Å². The molecule has 5 heteroatoms. The Balaban J connectivity index is 1.77. The number of para-hydroxylation sites is 1. The number of nitrogens with one attached hydrogen (secondary N) is 2. The van der Waals surface area contributed by atoms with Gasteiger partial charge in [0.05, 0.1) is 6.61 Å². The summed E-state index contributed by atoms with van der Waals surface area (Å²) in [5, 5.41) is 5.35. The van der Waals surface area contributed by atoms with Crippen molar-refractivity contribution in [1.29, 1.82) is 0 Å². The summed E-state index contributed by atoms with van der Waals surface area (Å²) in [7, 11) is 1.57. The average molecular weight is 326 g/mol. The predicted molar refractivity (Wildman–Crippen MR) is 94.4 cm³/mol. The molecule has 2 amide bonds. The Labute approximate surface area is 142 Å². The van der Waals surface area contributed by atoms with Crippen molar-refractivity contribution in [2.75, 3.05) is 19.0 Å². The molecule has 0 unspecified atom stereocenters. The molecule has 0 spiro atoms. The molecular weight excluding hydrogens is 304 g/mol. The van der Waals surface area contributed by atoms with E-state index in [0.29, 0.717) is 30.7 Å². The molecule has 0 atom stereocenters. The van der Waals surface area contributed by atoms with Crippen LogP contribution in [0.2, 0.25) is 0 Å². The van der Waals surface area contributed by atoms with E-state index in [1.54, 1.807) is 31.3 Å². The van der Waals surface area contributed by atoms with E-state index >= 15 is 0 Å². The molecule has 0 heterocycles. The number of carbonyl (C=O) groups excluding carboxylic acids is 2. The maximum absolute atomic E-state index is 12.0. The lowest BCUT2D eigenvalue weighted by Crippen LogP contribution is -2.18. The van der Waals surface area contributed by atoms with Crippen LogP contribution < -0.4 is 15.4 Å². The minimum absolute atomic E-state index is 0.0996. The van der Waals surface area contributed by atoms with Crippen molar-refractivity contribution in [1.82, 2.24) is 5.32 Å². The van der Waals surface area contributed by atoms with Crippen LogP contribution in [-0.2, 0) is 4.79 Å². The third-order valence-corrected chi connectivity index (χ3v) is 3.53. The molecule has 0 saturated carbocycles. The fourth-order valence-electron chi connectivity index (χ4n) is 2.24.